The molecule has 2 atom stereocenters. The Morgan fingerprint density at radius 3 is 2.46 bits per heavy atom. The van der Waals surface area contributed by atoms with Crippen LogP contribution in [0.4, 0.5) is 0 Å². The van der Waals surface area contributed by atoms with Crippen LogP contribution in [0, 0.1) is 11.8 Å². The van der Waals surface area contributed by atoms with E-state index in [1.54, 1.807) is 23.1 Å². The van der Waals surface area contributed by atoms with Crippen molar-refractivity contribution in [1.82, 2.24) is 4.90 Å². The minimum atomic E-state index is -3.64. The molecule has 1 fully saturated rings. The van der Waals surface area contributed by atoms with Gasteiger partial charge in [0.05, 0.1) is 15.7 Å². The van der Waals surface area contributed by atoms with Crippen LogP contribution in [0.15, 0.2) is 51.6 Å². The monoisotopic (exact) mass is 393 g/mol. The number of sulfone groups is 1. The number of likely N-dealkylation sites (tertiary alicyclic amines) is 1. The highest BCUT2D eigenvalue weighted by atomic mass is 32.2. The SMILES string of the molecule is CC1CN(C(=O)c2ccc(S(=O)(=O)c3ccccc3)s2)CCC1C(=O)O. The molecule has 2 heterocycles. The zero-order valence-electron chi connectivity index (χ0n) is 14.2. The van der Waals surface area contributed by atoms with Crippen LogP contribution in [0.1, 0.15) is 23.0 Å². The Hall–Kier alpha value is -2.19. The van der Waals surface area contributed by atoms with Gasteiger partial charge in [-0.05, 0) is 36.6 Å². The van der Waals surface area contributed by atoms with E-state index < -0.39 is 21.7 Å². The Balaban J connectivity index is 1.78. The van der Waals surface area contributed by atoms with Crippen molar-refractivity contribution >= 4 is 33.1 Å². The minimum absolute atomic E-state index is 0.125. The maximum Gasteiger partial charge on any atom is 0.306 e. The number of carboxylic acid groups (broad SMARTS) is 1. The third kappa shape index (κ3) is 3.52. The number of rotatable bonds is 4. The first-order valence-corrected chi connectivity index (χ1v) is 10.5. The Kier molecular flexibility index (Phi) is 5.15. The van der Waals surface area contributed by atoms with Crippen molar-refractivity contribution in [3.05, 3.63) is 47.3 Å². The van der Waals surface area contributed by atoms with Crippen molar-refractivity contribution in [2.24, 2.45) is 11.8 Å². The van der Waals surface area contributed by atoms with Crippen molar-refractivity contribution in [3.8, 4) is 0 Å². The topological polar surface area (TPSA) is 91.8 Å². The average molecular weight is 393 g/mol. The molecule has 0 saturated carbocycles. The summed E-state index contributed by atoms with van der Waals surface area (Å²) in [7, 11) is -3.64. The molecule has 6 nitrogen and oxygen atoms in total. The fourth-order valence-corrected chi connectivity index (χ4v) is 5.85. The van der Waals surface area contributed by atoms with Crippen LogP contribution in [0.3, 0.4) is 0 Å². The third-order valence-electron chi connectivity index (χ3n) is 4.62. The number of nitrogens with zero attached hydrogens (tertiary/aromatic N) is 1. The Bertz CT molecular complexity index is 920. The lowest BCUT2D eigenvalue weighted by atomic mass is 9.87. The van der Waals surface area contributed by atoms with Gasteiger partial charge in [0.1, 0.15) is 4.21 Å². The lowest BCUT2D eigenvalue weighted by Gasteiger charge is -2.34. The van der Waals surface area contributed by atoms with Crippen molar-refractivity contribution in [3.63, 3.8) is 0 Å². The van der Waals surface area contributed by atoms with Crippen LogP contribution in [-0.4, -0.2) is 43.4 Å². The van der Waals surface area contributed by atoms with Crippen LogP contribution in [0.25, 0.3) is 0 Å². The number of piperidine rings is 1. The molecule has 138 valence electrons. The van der Waals surface area contributed by atoms with Gasteiger partial charge >= 0.3 is 5.97 Å². The number of benzene rings is 1. The molecule has 1 aliphatic heterocycles. The number of carbonyl (C=O) groups excluding carboxylic acids is 1. The molecule has 0 bridgehead atoms. The molecule has 1 aromatic heterocycles. The molecule has 3 rings (SSSR count). The van der Waals surface area contributed by atoms with E-state index in [4.69, 9.17) is 0 Å². The first kappa shape index (κ1) is 18.6. The fraction of sp³-hybridized carbons (Fsp3) is 0.333. The van der Waals surface area contributed by atoms with Gasteiger partial charge in [-0.25, -0.2) is 8.42 Å². The third-order valence-corrected chi connectivity index (χ3v) is 7.95. The minimum Gasteiger partial charge on any atom is -0.481 e. The predicted octanol–water partition coefficient (Wildman–Crippen LogP) is 2.76. The molecule has 1 aliphatic rings. The second-order valence-electron chi connectivity index (χ2n) is 6.40. The van der Waals surface area contributed by atoms with E-state index in [1.165, 1.54) is 24.3 Å². The fourth-order valence-electron chi connectivity index (χ4n) is 3.15. The molecule has 1 amide bonds. The van der Waals surface area contributed by atoms with E-state index >= 15 is 0 Å². The smallest absolute Gasteiger partial charge is 0.306 e. The number of aliphatic carboxylic acids is 1. The molecular weight excluding hydrogens is 374 g/mol. The summed E-state index contributed by atoms with van der Waals surface area (Å²) in [5.41, 5.74) is 0. The van der Waals surface area contributed by atoms with Gasteiger partial charge in [0.2, 0.25) is 9.84 Å². The number of thiophene rings is 1. The second kappa shape index (κ2) is 7.20. The lowest BCUT2D eigenvalue weighted by Crippen LogP contribution is -2.44. The first-order valence-electron chi connectivity index (χ1n) is 8.22. The van der Waals surface area contributed by atoms with E-state index in [-0.39, 0.29) is 20.9 Å². The average Bonchev–Trinajstić information content (AvgIpc) is 3.12. The van der Waals surface area contributed by atoms with Crippen molar-refractivity contribution in [1.29, 1.82) is 0 Å². The molecule has 1 saturated heterocycles. The van der Waals surface area contributed by atoms with Gasteiger partial charge in [-0.15, -0.1) is 11.3 Å². The summed E-state index contributed by atoms with van der Waals surface area (Å²) in [6.07, 6.45) is 0.406. The number of carbonyl (C=O) groups is 2. The van der Waals surface area contributed by atoms with Gasteiger partial charge in [-0.2, -0.15) is 0 Å². The maximum absolute atomic E-state index is 12.7. The number of hydrogen-bond donors (Lipinski definition) is 1. The molecule has 8 heteroatoms. The van der Waals surface area contributed by atoms with Crippen LogP contribution in [0.5, 0.6) is 0 Å². The van der Waals surface area contributed by atoms with Crippen LogP contribution in [0.2, 0.25) is 0 Å². The van der Waals surface area contributed by atoms with Gasteiger partial charge in [-0.3, -0.25) is 9.59 Å². The standard InChI is InChI=1S/C18H19NO5S2/c1-12-11-19(10-9-14(12)18(21)22)17(20)15-7-8-16(25-15)26(23,24)13-5-3-2-4-6-13/h2-8,12,14H,9-11H2,1H3,(H,21,22). The summed E-state index contributed by atoms with van der Waals surface area (Å²) in [5.74, 6) is -1.67. The highest BCUT2D eigenvalue weighted by molar-refractivity contribution is 7.93. The lowest BCUT2D eigenvalue weighted by molar-refractivity contribution is -0.145. The highest BCUT2D eigenvalue weighted by Gasteiger charge is 2.34. The Morgan fingerprint density at radius 1 is 1.15 bits per heavy atom. The van der Waals surface area contributed by atoms with Gasteiger partial charge < -0.3 is 10.0 Å². The van der Waals surface area contributed by atoms with Crippen molar-refractivity contribution in [2.75, 3.05) is 13.1 Å². The number of amides is 1. The molecule has 1 N–H and O–H groups in total. The van der Waals surface area contributed by atoms with Crippen molar-refractivity contribution < 1.29 is 23.1 Å². The van der Waals surface area contributed by atoms with Gasteiger partial charge in [0.25, 0.3) is 5.91 Å². The second-order valence-corrected chi connectivity index (χ2v) is 9.66. The van der Waals surface area contributed by atoms with Crippen molar-refractivity contribution in [2.45, 2.75) is 22.4 Å². The molecule has 1 aromatic carbocycles. The van der Waals surface area contributed by atoms with Crippen LogP contribution < -0.4 is 0 Å². The normalized spacial score (nSPS) is 20.7. The zero-order chi connectivity index (χ0) is 18.9. The molecule has 0 radical (unpaired) electrons. The van der Waals surface area contributed by atoms with E-state index in [2.05, 4.69) is 0 Å². The van der Waals surface area contributed by atoms with Gasteiger partial charge in [-0.1, -0.05) is 25.1 Å². The summed E-state index contributed by atoms with van der Waals surface area (Å²) in [4.78, 5) is 26.0. The van der Waals surface area contributed by atoms with Crippen LogP contribution in [-0.2, 0) is 14.6 Å². The van der Waals surface area contributed by atoms with Crippen LogP contribution >= 0.6 is 11.3 Å². The highest BCUT2D eigenvalue weighted by Crippen LogP contribution is 2.30. The quantitative estimate of drug-likeness (QED) is 0.862. The van der Waals surface area contributed by atoms with E-state index in [0.717, 1.165) is 11.3 Å². The first-order chi connectivity index (χ1) is 12.3. The molecule has 0 aliphatic carbocycles. The number of carboxylic acids is 1. The molecule has 2 aromatic rings. The largest absolute Gasteiger partial charge is 0.481 e. The molecule has 26 heavy (non-hydrogen) atoms. The molecule has 2 unspecified atom stereocenters. The number of hydrogen-bond acceptors (Lipinski definition) is 5. The summed E-state index contributed by atoms with van der Waals surface area (Å²) >= 11 is 0.949. The van der Waals surface area contributed by atoms with Gasteiger partial charge in [0.15, 0.2) is 0 Å². The Labute approximate surface area is 156 Å². The zero-order valence-corrected chi connectivity index (χ0v) is 15.8. The van der Waals surface area contributed by atoms with E-state index in [1.807, 2.05) is 6.92 Å². The summed E-state index contributed by atoms with van der Waals surface area (Å²) in [5, 5.41) is 9.18. The molecular formula is C18H19NO5S2. The van der Waals surface area contributed by atoms with E-state index in [0.29, 0.717) is 24.4 Å². The summed E-state index contributed by atoms with van der Waals surface area (Å²) in [6, 6.07) is 11.1. The Morgan fingerprint density at radius 2 is 1.85 bits per heavy atom. The summed E-state index contributed by atoms with van der Waals surface area (Å²) in [6.45, 7) is 2.53. The van der Waals surface area contributed by atoms with E-state index in [9.17, 15) is 23.1 Å². The molecule has 0 spiro atoms. The van der Waals surface area contributed by atoms with Gasteiger partial charge in [0, 0.05) is 13.1 Å². The maximum atomic E-state index is 12.7. The predicted molar refractivity (Wildman–Crippen MR) is 97.0 cm³/mol. The summed E-state index contributed by atoms with van der Waals surface area (Å²) < 4.78 is 25.4.